The van der Waals surface area contributed by atoms with Crippen molar-refractivity contribution in [2.24, 2.45) is 5.92 Å². The molecule has 0 radical (unpaired) electrons. The van der Waals surface area contributed by atoms with Crippen molar-refractivity contribution in [1.82, 2.24) is 9.80 Å². The first-order valence-electron chi connectivity index (χ1n) is 12.7. The average molecular weight is 555 g/mol. The van der Waals surface area contributed by atoms with Crippen LogP contribution >= 0.6 is 0 Å². The van der Waals surface area contributed by atoms with E-state index < -0.39 is 22.2 Å². The van der Waals surface area contributed by atoms with Crippen molar-refractivity contribution in [3.63, 3.8) is 0 Å². The number of likely N-dealkylation sites (N-methyl/N-ethyl adjacent to an activating group) is 1. The molecule has 0 unspecified atom stereocenters. The standard InChI is InChI=1S/C28H34N4O6S/c1-18-15-32(19(2)17-33)27(34)23-14-21(30-39(4,36)37)12-13-25(23)38-26(18)16-31(3)28(35)29-24-11-7-9-20-8-5-6-10-22(20)24/h5-14,18-19,26,30,33H,15-17H2,1-4H3,(H,29,35)/t18-,19-,26-/m0/s1. The Hall–Kier alpha value is -3.83. The second-order valence-corrected chi connectivity index (χ2v) is 11.8. The molecule has 1 aliphatic heterocycles. The summed E-state index contributed by atoms with van der Waals surface area (Å²) >= 11 is 0. The Morgan fingerprint density at radius 3 is 2.62 bits per heavy atom. The van der Waals surface area contributed by atoms with Crippen molar-refractivity contribution in [1.29, 1.82) is 0 Å². The Kier molecular flexibility index (Phi) is 8.31. The minimum atomic E-state index is -3.56. The maximum atomic E-state index is 13.5. The summed E-state index contributed by atoms with van der Waals surface area (Å²) in [6.07, 6.45) is 0.529. The summed E-state index contributed by atoms with van der Waals surface area (Å²) in [4.78, 5) is 29.8. The molecule has 3 N–H and O–H groups in total. The monoisotopic (exact) mass is 554 g/mol. The van der Waals surface area contributed by atoms with E-state index in [1.165, 1.54) is 17.0 Å². The molecule has 11 heteroatoms. The number of carbonyl (C=O) groups excluding carboxylic acids is 2. The molecule has 0 bridgehead atoms. The fourth-order valence-electron chi connectivity index (χ4n) is 4.62. The van der Waals surface area contributed by atoms with Crippen molar-refractivity contribution in [3.05, 3.63) is 66.2 Å². The minimum Gasteiger partial charge on any atom is -0.487 e. The molecule has 0 saturated carbocycles. The maximum absolute atomic E-state index is 13.5. The van der Waals surface area contributed by atoms with Crippen molar-refractivity contribution < 1.29 is 27.9 Å². The van der Waals surface area contributed by atoms with Crippen LogP contribution in [0.4, 0.5) is 16.2 Å². The predicted molar refractivity (Wildman–Crippen MR) is 152 cm³/mol. The Balaban J connectivity index is 1.60. The van der Waals surface area contributed by atoms with Crippen molar-refractivity contribution in [3.8, 4) is 5.75 Å². The number of anilines is 2. The summed E-state index contributed by atoms with van der Waals surface area (Å²) in [5, 5.41) is 14.7. The van der Waals surface area contributed by atoms with Gasteiger partial charge in [-0.1, -0.05) is 43.3 Å². The zero-order valence-corrected chi connectivity index (χ0v) is 23.2. The van der Waals surface area contributed by atoms with Gasteiger partial charge < -0.3 is 25.0 Å². The highest BCUT2D eigenvalue weighted by Gasteiger charge is 2.34. The molecule has 4 rings (SSSR count). The van der Waals surface area contributed by atoms with Gasteiger partial charge in [0.25, 0.3) is 5.91 Å². The van der Waals surface area contributed by atoms with Crippen LogP contribution in [0.2, 0.25) is 0 Å². The zero-order valence-electron chi connectivity index (χ0n) is 22.4. The van der Waals surface area contributed by atoms with E-state index in [0.717, 1.165) is 17.0 Å². The Bertz CT molecular complexity index is 1470. The number of aliphatic hydroxyl groups excluding tert-OH is 1. The predicted octanol–water partition coefficient (Wildman–Crippen LogP) is 3.60. The number of hydrogen-bond acceptors (Lipinski definition) is 6. The third-order valence-electron chi connectivity index (χ3n) is 6.80. The van der Waals surface area contributed by atoms with Gasteiger partial charge in [-0.05, 0) is 36.6 Å². The number of amides is 3. The molecule has 208 valence electrons. The number of nitrogens with zero attached hydrogens (tertiary/aromatic N) is 2. The number of carbonyl (C=O) groups is 2. The highest BCUT2D eigenvalue weighted by Crippen LogP contribution is 2.31. The zero-order chi connectivity index (χ0) is 28.3. The van der Waals surface area contributed by atoms with Crippen LogP contribution in [0.5, 0.6) is 5.75 Å². The van der Waals surface area contributed by atoms with Crippen LogP contribution in [0.3, 0.4) is 0 Å². The van der Waals surface area contributed by atoms with Crippen molar-refractivity contribution in [2.75, 3.05) is 43.0 Å². The average Bonchev–Trinajstić information content (AvgIpc) is 2.89. The second-order valence-electron chi connectivity index (χ2n) is 10.0. The van der Waals surface area contributed by atoms with Crippen molar-refractivity contribution in [2.45, 2.75) is 26.0 Å². The summed E-state index contributed by atoms with van der Waals surface area (Å²) in [5.74, 6) is -0.303. The lowest BCUT2D eigenvalue weighted by Gasteiger charge is -2.38. The third kappa shape index (κ3) is 6.61. The molecular formula is C28H34N4O6S. The molecule has 1 heterocycles. The molecule has 39 heavy (non-hydrogen) atoms. The van der Waals surface area contributed by atoms with E-state index in [-0.39, 0.29) is 54.6 Å². The Morgan fingerprint density at radius 2 is 1.90 bits per heavy atom. The lowest BCUT2D eigenvalue weighted by Crippen LogP contribution is -2.50. The number of hydrogen-bond donors (Lipinski definition) is 3. The number of aliphatic hydroxyl groups is 1. The van der Waals surface area contributed by atoms with Gasteiger partial charge in [-0.3, -0.25) is 9.52 Å². The lowest BCUT2D eigenvalue weighted by atomic mass is 9.99. The fourth-order valence-corrected chi connectivity index (χ4v) is 5.17. The van der Waals surface area contributed by atoms with E-state index in [2.05, 4.69) is 10.0 Å². The van der Waals surface area contributed by atoms with Gasteiger partial charge >= 0.3 is 6.03 Å². The number of nitrogens with one attached hydrogen (secondary N) is 2. The van der Waals surface area contributed by atoms with E-state index in [1.54, 1.807) is 24.9 Å². The number of rotatable bonds is 7. The highest BCUT2D eigenvalue weighted by molar-refractivity contribution is 7.92. The normalized spacial score (nSPS) is 18.4. The molecule has 0 saturated heterocycles. The largest absolute Gasteiger partial charge is 0.487 e. The molecule has 0 aromatic heterocycles. The van der Waals surface area contributed by atoms with Crippen LogP contribution in [0.25, 0.3) is 10.8 Å². The van der Waals surface area contributed by atoms with E-state index >= 15 is 0 Å². The van der Waals surface area contributed by atoms with Gasteiger partial charge in [0.15, 0.2) is 0 Å². The molecule has 0 aliphatic carbocycles. The van der Waals surface area contributed by atoms with Gasteiger partial charge in [0.1, 0.15) is 11.9 Å². The summed E-state index contributed by atoms with van der Waals surface area (Å²) < 4.78 is 32.2. The van der Waals surface area contributed by atoms with E-state index in [9.17, 15) is 23.1 Å². The molecule has 3 amide bonds. The molecule has 3 aromatic carbocycles. The van der Waals surface area contributed by atoms with E-state index in [1.807, 2.05) is 49.4 Å². The number of sulfonamides is 1. The van der Waals surface area contributed by atoms with Crippen LogP contribution in [0.1, 0.15) is 24.2 Å². The van der Waals surface area contributed by atoms with Crippen LogP contribution in [0, 0.1) is 5.92 Å². The molecule has 0 spiro atoms. The van der Waals surface area contributed by atoms with Gasteiger partial charge in [-0.25, -0.2) is 13.2 Å². The van der Waals surface area contributed by atoms with Crippen LogP contribution in [0.15, 0.2) is 60.7 Å². The molecule has 3 aromatic rings. The molecule has 0 fully saturated rings. The van der Waals surface area contributed by atoms with E-state index in [4.69, 9.17) is 4.74 Å². The number of benzene rings is 3. The molecule has 1 aliphatic rings. The van der Waals surface area contributed by atoms with Crippen LogP contribution < -0.4 is 14.8 Å². The molecule has 3 atom stereocenters. The SMILES string of the molecule is C[C@H]1CN([C@@H](C)CO)C(=O)c2cc(NS(C)(=O)=O)ccc2O[C@H]1CN(C)C(=O)Nc1cccc2ccccc12. The van der Waals surface area contributed by atoms with E-state index in [0.29, 0.717) is 5.69 Å². The maximum Gasteiger partial charge on any atom is 0.321 e. The quantitative estimate of drug-likeness (QED) is 0.410. The van der Waals surface area contributed by atoms with Gasteiger partial charge in [0.2, 0.25) is 10.0 Å². The van der Waals surface area contributed by atoms with Gasteiger partial charge in [0.05, 0.1) is 36.7 Å². The summed E-state index contributed by atoms with van der Waals surface area (Å²) in [7, 11) is -1.89. The first kappa shape index (κ1) is 28.2. The van der Waals surface area contributed by atoms with Gasteiger partial charge in [-0.2, -0.15) is 0 Å². The summed E-state index contributed by atoms with van der Waals surface area (Å²) in [6.45, 7) is 3.91. The van der Waals surface area contributed by atoms with Crippen molar-refractivity contribution >= 4 is 44.1 Å². The fraction of sp³-hybridized carbons (Fsp3) is 0.357. The molecular weight excluding hydrogens is 520 g/mol. The second kappa shape index (κ2) is 11.5. The van der Waals surface area contributed by atoms with Gasteiger partial charge in [0, 0.05) is 30.6 Å². The lowest BCUT2D eigenvalue weighted by molar-refractivity contribution is 0.0371. The van der Waals surface area contributed by atoms with Gasteiger partial charge in [-0.15, -0.1) is 0 Å². The van der Waals surface area contributed by atoms with Crippen LogP contribution in [-0.4, -0.2) is 80.4 Å². The Labute approximate surface area is 228 Å². The first-order valence-corrected chi connectivity index (χ1v) is 14.6. The number of fused-ring (bicyclic) bond motifs is 2. The number of ether oxygens (including phenoxy) is 1. The third-order valence-corrected chi connectivity index (χ3v) is 7.41. The topological polar surface area (TPSA) is 128 Å². The minimum absolute atomic E-state index is 0.170. The Morgan fingerprint density at radius 1 is 1.18 bits per heavy atom. The summed E-state index contributed by atoms with van der Waals surface area (Å²) in [5.41, 5.74) is 1.09. The highest BCUT2D eigenvalue weighted by atomic mass is 32.2. The number of urea groups is 1. The summed E-state index contributed by atoms with van der Waals surface area (Å²) in [6, 6.07) is 17.2. The smallest absolute Gasteiger partial charge is 0.321 e. The first-order chi connectivity index (χ1) is 18.5. The van der Waals surface area contributed by atoms with Crippen LogP contribution in [-0.2, 0) is 10.0 Å². The molecule has 10 nitrogen and oxygen atoms in total.